The van der Waals surface area contributed by atoms with Crippen LogP contribution in [0.5, 0.6) is 0 Å². The van der Waals surface area contributed by atoms with Gasteiger partial charge < -0.3 is 9.15 Å². The molecule has 1 aromatic rings. The molecule has 0 saturated carbocycles. The second-order valence-corrected chi connectivity index (χ2v) is 5.37. The van der Waals surface area contributed by atoms with E-state index in [1.807, 2.05) is 0 Å². The Morgan fingerprint density at radius 3 is 3.11 bits per heavy atom. The first-order valence-electron chi connectivity index (χ1n) is 5.50. The van der Waals surface area contributed by atoms with Crippen LogP contribution in [0.15, 0.2) is 27.7 Å². The summed E-state index contributed by atoms with van der Waals surface area (Å²) in [5, 5.41) is 0. The van der Waals surface area contributed by atoms with Crippen molar-refractivity contribution in [2.24, 2.45) is 0 Å². The van der Waals surface area contributed by atoms with Crippen molar-refractivity contribution in [2.75, 3.05) is 20.3 Å². The molecule has 0 spiro atoms. The van der Waals surface area contributed by atoms with Crippen molar-refractivity contribution in [1.29, 1.82) is 0 Å². The van der Waals surface area contributed by atoms with Crippen molar-refractivity contribution < 1.29 is 13.9 Å². The molecule has 1 saturated heterocycles. The summed E-state index contributed by atoms with van der Waals surface area (Å²) in [6.07, 6.45) is 4.07. The van der Waals surface area contributed by atoms with E-state index in [-0.39, 0.29) is 5.91 Å². The molecule has 1 aromatic heterocycles. The fourth-order valence-electron chi connectivity index (χ4n) is 1.56. The number of carbonyl (C=O) groups excluding carboxylic acids is 1. The molecule has 0 radical (unpaired) electrons. The second kappa shape index (κ2) is 6.17. The van der Waals surface area contributed by atoms with Crippen molar-refractivity contribution in [3.8, 4) is 0 Å². The first kappa shape index (κ1) is 13.3. The van der Waals surface area contributed by atoms with Gasteiger partial charge in [-0.3, -0.25) is 9.69 Å². The molecule has 0 aliphatic carbocycles. The molecule has 0 N–H and O–H groups in total. The van der Waals surface area contributed by atoms with Crippen LogP contribution in [-0.4, -0.2) is 35.4 Å². The van der Waals surface area contributed by atoms with E-state index in [9.17, 15) is 4.79 Å². The number of methoxy groups -OCH3 is 1. The minimum absolute atomic E-state index is 0.0579. The number of thiocarbonyl (C=S) groups is 1. The van der Waals surface area contributed by atoms with Crippen molar-refractivity contribution in [3.05, 3.63) is 29.1 Å². The smallest absolute Gasteiger partial charge is 0.266 e. The zero-order valence-corrected chi connectivity index (χ0v) is 11.6. The number of amides is 1. The van der Waals surface area contributed by atoms with Crippen LogP contribution < -0.4 is 0 Å². The Morgan fingerprint density at radius 1 is 1.61 bits per heavy atom. The van der Waals surface area contributed by atoms with Crippen molar-refractivity contribution in [3.63, 3.8) is 0 Å². The van der Waals surface area contributed by atoms with Gasteiger partial charge in [0.1, 0.15) is 10.1 Å². The zero-order valence-electron chi connectivity index (χ0n) is 9.92. The highest BCUT2D eigenvalue weighted by Crippen LogP contribution is 2.32. The van der Waals surface area contributed by atoms with Gasteiger partial charge in [-0.1, -0.05) is 24.0 Å². The molecule has 18 heavy (non-hydrogen) atoms. The van der Waals surface area contributed by atoms with E-state index >= 15 is 0 Å². The predicted molar refractivity (Wildman–Crippen MR) is 75.1 cm³/mol. The SMILES string of the molecule is COCCCN1C(=O)/C(=C\c2ccco2)SC1=S. The number of rotatable bonds is 5. The summed E-state index contributed by atoms with van der Waals surface area (Å²) in [4.78, 5) is 14.3. The van der Waals surface area contributed by atoms with Gasteiger partial charge in [0, 0.05) is 26.3 Å². The fraction of sp³-hybridized carbons (Fsp3) is 0.333. The van der Waals surface area contributed by atoms with Crippen molar-refractivity contribution >= 4 is 40.3 Å². The van der Waals surface area contributed by atoms with Crippen molar-refractivity contribution in [1.82, 2.24) is 4.90 Å². The Bertz CT molecular complexity index is 468. The number of thioether (sulfide) groups is 1. The minimum Gasteiger partial charge on any atom is -0.465 e. The van der Waals surface area contributed by atoms with E-state index in [0.29, 0.717) is 28.1 Å². The van der Waals surface area contributed by atoms with E-state index in [4.69, 9.17) is 21.4 Å². The normalized spacial score (nSPS) is 18.1. The van der Waals surface area contributed by atoms with Crippen LogP contribution >= 0.6 is 24.0 Å². The molecule has 96 valence electrons. The quantitative estimate of drug-likeness (QED) is 0.472. The van der Waals surface area contributed by atoms with Crippen LogP contribution in [0.1, 0.15) is 12.2 Å². The largest absolute Gasteiger partial charge is 0.465 e. The summed E-state index contributed by atoms with van der Waals surface area (Å²) in [7, 11) is 1.64. The van der Waals surface area contributed by atoms with Crippen molar-refractivity contribution in [2.45, 2.75) is 6.42 Å². The third-order valence-electron chi connectivity index (χ3n) is 2.42. The molecule has 0 unspecified atom stereocenters. The van der Waals surface area contributed by atoms with E-state index in [1.54, 1.807) is 36.5 Å². The van der Waals surface area contributed by atoms with E-state index in [0.717, 1.165) is 6.42 Å². The van der Waals surface area contributed by atoms with E-state index in [2.05, 4.69) is 0 Å². The van der Waals surface area contributed by atoms with Gasteiger partial charge in [0.2, 0.25) is 0 Å². The Morgan fingerprint density at radius 2 is 2.44 bits per heavy atom. The topological polar surface area (TPSA) is 42.7 Å². The van der Waals surface area contributed by atoms with E-state index < -0.39 is 0 Å². The standard InChI is InChI=1S/C12H13NO3S2/c1-15-6-3-5-13-11(14)10(18-12(13)17)8-9-4-2-7-16-9/h2,4,7-8H,3,5-6H2,1H3/b10-8+. The van der Waals surface area contributed by atoms with Gasteiger partial charge >= 0.3 is 0 Å². The Labute approximate surface area is 115 Å². The summed E-state index contributed by atoms with van der Waals surface area (Å²) in [5.41, 5.74) is 0. The third kappa shape index (κ3) is 3.01. The molecule has 1 fully saturated rings. The van der Waals surface area contributed by atoms with Gasteiger partial charge in [-0.25, -0.2) is 0 Å². The highest BCUT2D eigenvalue weighted by molar-refractivity contribution is 8.26. The zero-order chi connectivity index (χ0) is 13.0. The van der Waals surface area contributed by atoms with Crippen LogP contribution in [-0.2, 0) is 9.53 Å². The number of ether oxygens (including phenoxy) is 1. The summed E-state index contributed by atoms with van der Waals surface area (Å²) in [6.45, 7) is 1.21. The van der Waals surface area contributed by atoms with Gasteiger partial charge in [-0.05, 0) is 18.6 Å². The Balaban J connectivity index is 2.04. The molecular weight excluding hydrogens is 270 g/mol. The maximum atomic E-state index is 12.1. The van der Waals surface area contributed by atoms with E-state index in [1.165, 1.54) is 11.8 Å². The summed E-state index contributed by atoms with van der Waals surface area (Å²) >= 11 is 6.50. The number of furan rings is 1. The molecule has 4 nitrogen and oxygen atoms in total. The molecular formula is C12H13NO3S2. The Kier molecular flexibility index (Phi) is 4.57. The third-order valence-corrected chi connectivity index (χ3v) is 3.80. The lowest BCUT2D eigenvalue weighted by Crippen LogP contribution is -2.29. The number of nitrogens with zero attached hydrogens (tertiary/aromatic N) is 1. The average molecular weight is 283 g/mol. The molecule has 1 amide bonds. The molecule has 0 bridgehead atoms. The number of hydrogen-bond acceptors (Lipinski definition) is 5. The second-order valence-electron chi connectivity index (χ2n) is 3.70. The van der Waals surface area contributed by atoms with Crippen LogP contribution in [0.25, 0.3) is 6.08 Å². The maximum absolute atomic E-state index is 12.1. The molecule has 2 heterocycles. The lowest BCUT2D eigenvalue weighted by molar-refractivity contribution is -0.122. The number of carbonyl (C=O) groups is 1. The molecule has 1 aliphatic rings. The highest BCUT2D eigenvalue weighted by Gasteiger charge is 2.31. The van der Waals surface area contributed by atoms with Gasteiger partial charge in [0.05, 0.1) is 11.2 Å². The van der Waals surface area contributed by atoms with Gasteiger partial charge in [0.15, 0.2) is 0 Å². The van der Waals surface area contributed by atoms with Gasteiger partial charge in [-0.15, -0.1) is 0 Å². The lowest BCUT2D eigenvalue weighted by atomic mass is 10.3. The van der Waals surface area contributed by atoms with Crippen LogP contribution in [0.2, 0.25) is 0 Å². The summed E-state index contributed by atoms with van der Waals surface area (Å²) in [5.74, 6) is 0.602. The van der Waals surface area contributed by atoms with Crippen LogP contribution in [0.3, 0.4) is 0 Å². The van der Waals surface area contributed by atoms with Gasteiger partial charge in [-0.2, -0.15) is 0 Å². The summed E-state index contributed by atoms with van der Waals surface area (Å²) < 4.78 is 10.7. The summed E-state index contributed by atoms with van der Waals surface area (Å²) in [6, 6.07) is 3.59. The van der Waals surface area contributed by atoms with Gasteiger partial charge in [0.25, 0.3) is 5.91 Å². The monoisotopic (exact) mass is 283 g/mol. The maximum Gasteiger partial charge on any atom is 0.266 e. The average Bonchev–Trinajstić information content (AvgIpc) is 2.93. The molecule has 6 heteroatoms. The first-order valence-corrected chi connectivity index (χ1v) is 6.72. The Hall–Kier alpha value is -1.11. The first-order chi connectivity index (χ1) is 8.72. The minimum atomic E-state index is -0.0579. The van der Waals surface area contributed by atoms with Crippen LogP contribution in [0, 0.1) is 0 Å². The molecule has 1 aliphatic heterocycles. The lowest BCUT2D eigenvalue weighted by Gasteiger charge is -2.13. The molecule has 2 rings (SSSR count). The fourth-order valence-corrected chi connectivity index (χ4v) is 2.85. The predicted octanol–water partition coefficient (Wildman–Crippen LogP) is 2.52. The highest BCUT2D eigenvalue weighted by atomic mass is 32.2. The molecule has 0 atom stereocenters. The molecule has 0 aromatic carbocycles. The number of hydrogen-bond donors (Lipinski definition) is 0. The van der Waals surface area contributed by atoms with Crippen LogP contribution in [0.4, 0.5) is 0 Å².